The molecule has 1 spiro atoms. The molecular formula is C47H73N6O17PSSi2. The van der Waals surface area contributed by atoms with E-state index in [4.69, 9.17) is 42.0 Å². The van der Waals surface area contributed by atoms with Gasteiger partial charge in [0.25, 0.3) is 21.2 Å². The van der Waals surface area contributed by atoms with Crippen LogP contribution in [0.4, 0.5) is 0 Å². The Labute approximate surface area is 432 Å². The molecule has 2 fully saturated rings. The van der Waals surface area contributed by atoms with Gasteiger partial charge in [-0.3, -0.25) is 37.2 Å². The lowest BCUT2D eigenvalue weighted by atomic mass is 9.89. The first-order valence-electron chi connectivity index (χ1n) is 24.3. The summed E-state index contributed by atoms with van der Waals surface area (Å²) >= 11 is 0. The number of esters is 1. The number of nitrogens with one attached hydrogen (secondary N) is 1. The Balaban J connectivity index is 1.28. The summed E-state index contributed by atoms with van der Waals surface area (Å²) in [6.45, 7) is 23.2. The van der Waals surface area contributed by atoms with Gasteiger partial charge in [-0.1, -0.05) is 59.7 Å². The third kappa shape index (κ3) is 12.1. The molecular weight excluding hydrogens is 1040 g/mol. The van der Waals surface area contributed by atoms with Crippen molar-refractivity contribution >= 4 is 40.5 Å². The molecule has 6 rings (SSSR count). The van der Waals surface area contributed by atoms with Crippen molar-refractivity contribution in [2.24, 2.45) is 5.73 Å². The lowest BCUT2D eigenvalue weighted by molar-refractivity contribution is -0.142. The Hall–Kier alpha value is -4.32. The summed E-state index contributed by atoms with van der Waals surface area (Å²) in [5, 5.41) is 13.8. The van der Waals surface area contributed by atoms with Crippen LogP contribution >= 0.6 is 7.75 Å². The second-order valence-corrected chi connectivity index (χ2v) is 34.8. The molecule has 27 heteroatoms. The molecule has 3 aromatic rings. The fraction of sp³-hybridized carbons (Fsp3) is 0.638. The van der Waals surface area contributed by atoms with Crippen LogP contribution in [0.5, 0.6) is 5.75 Å². The van der Waals surface area contributed by atoms with Crippen LogP contribution in [0.3, 0.4) is 0 Å². The highest BCUT2D eigenvalue weighted by molar-refractivity contribution is 7.90. The van der Waals surface area contributed by atoms with Gasteiger partial charge in [-0.25, -0.2) is 18.3 Å². The molecule has 0 bridgehead atoms. The van der Waals surface area contributed by atoms with Gasteiger partial charge in [0.15, 0.2) is 28.5 Å². The molecule has 0 aliphatic carbocycles. The summed E-state index contributed by atoms with van der Waals surface area (Å²) in [5.41, 5.74) is 1.74. The third-order valence-corrected chi connectivity index (χ3v) is 26.3. The second kappa shape index (κ2) is 21.6. The smallest absolute Gasteiger partial charge is 0.459 e. The number of aliphatic hydroxyl groups excluding tert-OH is 1. The van der Waals surface area contributed by atoms with Gasteiger partial charge in [0.05, 0.1) is 37.5 Å². The van der Waals surface area contributed by atoms with E-state index in [1.807, 2.05) is 67.7 Å². The first kappa shape index (κ1) is 58.9. The minimum Gasteiger partial charge on any atom is -0.468 e. The maximum absolute atomic E-state index is 14.8. The van der Waals surface area contributed by atoms with Gasteiger partial charge in [-0.05, 0) is 75.6 Å². The highest BCUT2D eigenvalue weighted by atomic mass is 32.2. The number of nitrogens with two attached hydrogens (primary N) is 1. The molecule has 1 aromatic carbocycles. The number of benzene rings is 1. The minimum absolute atomic E-state index is 0.0884. The molecule has 23 nitrogen and oxygen atoms in total. The topological polar surface area (TPSA) is 288 Å². The zero-order valence-corrected chi connectivity index (χ0v) is 48.3. The molecule has 412 valence electrons. The first-order valence-corrected chi connectivity index (χ1v) is 33.2. The number of para-hydroxylation sites is 1. The lowest BCUT2D eigenvalue weighted by Gasteiger charge is -2.43. The van der Waals surface area contributed by atoms with Crippen molar-refractivity contribution in [3.05, 3.63) is 107 Å². The number of methoxy groups -OCH3 is 1. The maximum Gasteiger partial charge on any atom is 0.459 e. The summed E-state index contributed by atoms with van der Waals surface area (Å²) in [4.78, 5) is 68.6. The number of aliphatic hydroxyl groups is 1. The van der Waals surface area contributed by atoms with Crippen LogP contribution in [0.15, 0.2) is 73.0 Å². The fourth-order valence-electron chi connectivity index (χ4n) is 8.28. The lowest BCUT2D eigenvalue weighted by Crippen LogP contribution is -2.59. The third-order valence-electron chi connectivity index (χ3n) is 14.6. The average molecular weight is 1110 g/mol. The zero-order valence-electron chi connectivity index (χ0n) is 44.6. The van der Waals surface area contributed by atoms with Gasteiger partial charge >= 0.3 is 25.1 Å². The molecule has 2 aromatic heterocycles. The molecule has 3 aliphatic heterocycles. The van der Waals surface area contributed by atoms with Crippen molar-refractivity contribution in [2.75, 3.05) is 20.3 Å². The number of aryl methyl sites for hydroxylation is 2. The molecule has 3 aliphatic rings. The highest BCUT2D eigenvalue weighted by Crippen LogP contribution is 2.52. The van der Waals surface area contributed by atoms with Crippen molar-refractivity contribution in [1.29, 1.82) is 0 Å². The molecule has 5 heterocycles. The fourth-order valence-corrected chi connectivity index (χ4v) is 13.3. The van der Waals surface area contributed by atoms with Gasteiger partial charge < -0.3 is 38.4 Å². The zero-order chi connectivity index (χ0) is 55.3. The largest absolute Gasteiger partial charge is 0.468 e. The Morgan fingerprint density at radius 3 is 1.99 bits per heavy atom. The van der Waals surface area contributed by atoms with Crippen molar-refractivity contribution in [3.63, 3.8) is 0 Å². The monoisotopic (exact) mass is 1110 g/mol. The van der Waals surface area contributed by atoms with E-state index in [9.17, 15) is 42.1 Å². The summed E-state index contributed by atoms with van der Waals surface area (Å²) in [6.07, 6.45) is -5.14. The summed E-state index contributed by atoms with van der Waals surface area (Å²) in [5.74, 6) is -0.590. The Kier molecular flexibility index (Phi) is 17.2. The highest BCUT2D eigenvalue weighted by Gasteiger charge is 2.67. The number of carbonyl (C=O) groups excluding carboxylic acids is 1. The van der Waals surface area contributed by atoms with E-state index in [-0.39, 0.29) is 60.1 Å². The molecule has 0 saturated carbocycles. The Morgan fingerprint density at radius 2 is 1.46 bits per heavy atom. The van der Waals surface area contributed by atoms with Gasteiger partial charge in [0.1, 0.15) is 36.3 Å². The summed E-state index contributed by atoms with van der Waals surface area (Å²) in [7, 11) is -13.0. The predicted octanol–water partition coefficient (Wildman–Crippen LogP) is 4.25. The van der Waals surface area contributed by atoms with E-state index in [1.165, 1.54) is 49.9 Å². The number of ether oxygens (including phenoxy) is 3. The number of hydrogen-bond donors (Lipinski definition) is 3. The molecule has 4 N–H and O–H groups in total. The first-order chi connectivity index (χ1) is 34.1. The number of carbonyl (C=O) groups is 1. The second-order valence-electron chi connectivity index (χ2n) is 22.1. The van der Waals surface area contributed by atoms with Gasteiger partial charge in [-0.15, -0.1) is 0 Å². The van der Waals surface area contributed by atoms with Crippen molar-refractivity contribution in [2.45, 2.75) is 173 Å². The summed E-state index contributed by atoms with van der Waals surface area (Å²) < 4.78 is 93.2. The van der Waals surface area contributed by atoms with E-state index < -0.39 is 123 Å². The quantitative estimate of drug-likeness (QED) is 0.0654. The van der Waals surface area contributed by atoms with E-state index >= 15 is 0 Å². The van der Waals surface area contributed by atoms with Crippen molar-refractivity contribution in [3.8, 4) is 5.75 Å². The standard InChI is InChI=1S/C47H73N6O17PSSi2/c1-29-24-52(37-23-33(54)34(66-37)26-64-71(60,49-31(3)42(57)63-10)68-32-19-16-15-17-20-32)43(58)50(39(29)55)21-18-22-51-40(56)30(2)25-53(44(51)59)41-38(69-74(13,14)46(7,8)9)47(35(48)28-72(61,62)70-47)36(67-41)27-65-73(11,12)45(4,5)6/h15-17,19-20,24-25,28,31,33-34,36-38,41,54H,18,21-23,26-27,48H2,1-14H3,(H,49,60). The minimum atomic E-state index is -4.38. The van der Waals surface area contributed by atoms with Gasteiger partial charge in [-0.2, -0.15) is 13.5 Å². The number of aromatic nitrogens is 4. The van der Waals surface area contributed by atoms with E-state index in [0.717, 1.165) is 26.2 Å². The molecule has 9 unspecified atom stereocenters. The SMILES string of the molecule is COC(=O)C(C)NP(=O)(OCC1OC(n2cc(C)c(=O)n(CCCn3c(=O)c(C)cn(C4OC(CO[Si](C)(C)C(C)(C)C)C5(OS(=O)(=O)C=C5N)C4O[Si](C)(C)C(C)(C)C)c3=O)c2=O)CC1O)Oc1ccccc1. The van der Waals surface area contributed by atoms with Gasteiger partial charge in [0.2, 0.25) is 0 Å². The number of rotatable bonds is 19. The van der Waals surface area contributed by atoms with E-state index in [0.29, 0.717) is 0 Å². The number of nitrogens with zero attached hydrogens (tertiary/aromatic N) is 4. The average Bonchev–Trinajstić information content (AvgIpc) is 3.90. The normalized spacial score (nSPS) is 25.5. The van der Waals surface area contributed by atoms with Crippen LogP contribution in [0.25, 0.3) is 0 Å². The van der Waals surface area contributed by atoms with Gasteiger partial charge in [0, 0.05) is 43.0 Å². The van der Waals surface area contributed by atoms with Crippen LogP contribution in [0.2, 0.25) is 36.3 Å². The maximum atomic E-state index is 14.8. The molecule has 9 atom stereocenters. The Bertz CT molecular complexity index is 3020. The molecule has 74 heavy (non-hydrogen) atoms. The summed E-state index contributed by atoms with van der Waals surface area (Å²) in [6, 6.07) is 6.91. The molecule has 2 saturated heterocycles. The van der Waals surface area contributed by atoms with E-state index in [1.54, 1.807) is 18.2 Å². The van der Waals surface area contributed by atoms with Crippen LogP contribution in [0, 0.1) is 13.8 Å². The van der Waals surface area contributed by atoms with E-state index in [2.05, 4.69) is 5.09 Å². The molecule has 0 radical (unpaired) electrons. The predicted molar refractivity (Wildman–Crippen MR) is 278 cm³/mol. The number of hydrogen-bond acceptors (Lipinski definition) is 18. The van der Waals surface area contributed by atoms with Crippen LogP contribution in [-0.4, -0.2) is 111 Å². The molecule has 0 amide bonds. The van der Waals surface area contributed by atoms with Crippen LogP contribution in [0.1, 0.15) is 84.9 Å². The van der Waals surface area contributed by atoms with Crippen LogP contribution in [-0.2, 0) is 64.3 Å². The Morgan fingerprint density at radius 1 is 0.905 bits per heavy atom. The van der Waals surface area contributed by atoms with Crippen molar-refractivity contribution in [1.82, 2.24) is 23.4 Å². The van der Waals surface area contributed by atoms with Crippen LogP contribution < -0.4 is 37.8 Å². The van der Waals surface area contributed by atoms with Crippen molar-refractivity contribution < 1.29 is 59.2 Å².